The first-order valence-corrected chi connectivity index (χ1v) is 5.90. The van der Waals surface area contributed by atoms with Crippen molar-refractivity contribution < 1.29 is 4.79 Å². The zero-order chi connectivity index (χ0) is 12.9. The normalized spacial score (nSPS) is 14.0. The minimum absolute atomic E-state index is 0.0524. The summed E-state index contributed by atoms with van der Waals surface area (Å²) in [5, 5.41) is 0. The van der Waals surface area contributed by atoms with E-state index in [2.05, 4.69) is 25.7 Å². The number of carbonyl (C=O) groups excluding carboxylic acids is 1. The van der Waals surface area contributed by atoms with Crippen LogP contribution in [0.3, 0.4) is 0 Å². The van der Waals surface area contributed by atoms with Crippen molar-refractivity contribution in [1.82, 2.24) is 9.80 Å². The van der Waals surface area contributed by atoms with Crippen LogP contribution in [0.15, 0.2) is 0 Å². The van der Waals surface area contributed by atoms with Gasteiger partial charge in [-0.25, -0.2) is 0 Å². The molecule has 0 aromatic rings. The third-order valence-electron chi connectivity index (χ3n) is 2.94. The molecule has 0 aromatic carbocycles. The van der Waals surface area contributed by atoms with Gasteiger partial charge in [-0.15, -0.1) is 0 Å². The maximum atomic E-state index is 11.9. The van der Waals surface area contributed by atoms with E-state index in [0.29, 0.717) is 6.54 Å². The van der Waals surface area contributed by atoms with Gasteiger partial charge in [-0.2, -0.15) is 0 Å². The quantitative estimate of drug-likeness (QED) is 0.732. The van der Waals surface area contributed by atoms with Gasteiger partial charge in [0.05, 0.1) is 6.04 Å². The molecular formula is C12H27N3O. The number of likely N-dealkylation sites (N-methyl/N-ethyl adjacent to an activating group) is 2. The summed E-state index contributed by atoms with van der Waals surface area (Å²) < 4.78 is 0. The van der Waals surface area contributed by atoms with Crippen molar-refractivity contribution in [2.24, 2.45) is 11.1 Å². The molecule has 0 aliphatic rings. The molecule has 1 atom stereocenters. The lowest BCUT2D eigenvalue weighted by Crippen LogP contribution is -2.49. The summed E-state index contributed by atoms with van der Waals surface area (Å²) in [7, 11) is 3.58. The molecule has 16 heavy (non-hydrogen) atoms. The summed E-state index contributed by atoms with van der Waals surface area (Å²) >= 11 is 0. The molecule has 0 heterocycles. The molecular weight excluding hydrogens is 202 g/mol. The maximum absolute atomic E-state index is 11.9. The highest BCUT2D eigenvalue weighted by Crippen LogP contribution is 2.17. The fourth-order valence-corrected chi connectivity index (χ4v) is 1.67. The van der Waals surface area contributed by atoms with Crippen LogP contribution in [0.5, 0.6) is 0 Å². The first kappa shape index (κ1) is 15.4. The highest BCUT2D eigenvalue weighted by Gasteiger charge is 2.26. The Morgan fingerprint density at radius 2 is 1.88 bits per heavy atom. The monoisotopic (exact) mass is 229 g/mol. The minimum atomic E-state index is -0.0779. The van der Waals surface area contributed by atoms with Crippen LogP contribution in [0.25, 0.3) is 0 Å². The lowest BCUT2D eigenvalue weighted by atomic mass is 9.92. The smallest absolute Gasteiger partial charge is 0.239 e. The third kappa shape index (κ3) is 4.49. The molecule has 0 radical (unpaired) electrons. The molecule has 1 unspecified atom stereocenters. The number of hydrogen-bond donors (Lipinski definition) is 1. The summed E-state index contributed by atoms with van der Waals surface area (Å²) in [4.78, 5) is 15.7. The molecule has 0 aliphatic heterocycles. The van der Waals surface area contributed by atoms with Gasteiger partial charge in [0.25, 0.3) is 0 Å². The van der Waals surface area contributed by atoms with Gasteiger partial charge in [0.2, 0.25) is 5.91 Å². The van der Waals surface area contributed by atoms with Gasteiger partial charge in [-0.1, -0.05) is 20.8 Å². The van der Waals surface area contributed by atoms with Crippen molar-refractivity contribution in [3.63, 3.8) is 0 Å². The fraction of sp³-hybridized carbons (Fsp3) is 0.917. The lowest BCUT2D eigenvalue weighted by molar-refractivity contribution is -0.134. The van der Waals surface area contributed by atoms with E-state index in [1.807, 2.05) is 6.92 Å². The Balaban J connectivity index is 4.56. The second-order valence-corrected chi connectivity index (χ2v) is 5.34. The molecule has 0 spiro atoms. The predicted molar refractivity (Wildman–Crippen MR) is 68.2 cm³/mol. The number of rotatable bonds is 6. The molecule has 4 heteroatoms. The molecule has 0 saturated heterocycles. The standard InChI is InChI=1S/C12H27N3O/c1-7-15(9-12(3,4)8-13)10(2)11(16)14(5)6/h10H,7-9,13H2,1-6H3. The molecule has 1 amide bonds. The Hall–Kier alpha value is -0.610. The maximum Gasteiger partial charge on any atom is 0.239 e. The average molecular weight is 229 g/mol. The van der Waals surface area contributed by atoms with Crippen molar-refractivity contribution in [3.8, 4) is 0 Å². The Kier molecular flexibility index (Phi) is 5.97. The highest BCUT2D eigenvalue weighted by molar-refractivity contribution is 5.80. The fourth-order valence-electron chi connectivity index (χ4n) is 1.67. The Morgan fingerprint density at radius 3 is 2.19 bits per heavy atom. The van der Waals surface area contributed by atoms with E-state index in [9.17, 15) is 4.79 Å². The summed E-state index contributed by atoms with van der Waals surface area (Å²) in [5.74, 6) is 0.148. The van der Waals surface area contributed by atoms with E-state index in [4.69, 9.17) is 5.73 Å². The van der Waals surface area contributed by atoms with Gasteiger partial charge in [0.15, 0.2) is 0 Å². The van der Waals surface area contributed by atoms with Gasteiger partial charge < -0.3 is 10.6 Å². The molecule has 2 N–H and O–H groups in total. The molecule has 96 valence electrons. The van der Waals surface area contributed by atoms with E-state index in [-0.39, 0.29) is 17.4 Å². The van der Waals surface area contributed by atoms with Crippen molar-refractivity contribution in [3.05, 3.63) is 0 Å². The second-order valence-electron chi connectivity index (χ2n) is 5.34. The average Bonchev–Trinajstić information content (AvgIpc) is 2.23. The molecule has 0 fully saturated rings. The zero-order valence-corrected chi connectivity index (χ0v) is 11.6. The van der Waals surface area contributed by atoms with Crippen LogP contribution in [-0.2, 0) is 4.79 Å². The summed E-state index contributed by atoms with van der Waals surface area (Å²) in [6.07, 6.45) is 0. The number of carbonyl (C=O) groups is 1. The molecule has 4 nitrogen and oxygen atoms in total. The Morgan fingerprint density at radius 1 is 1.38 bits per heavy atom. The first-order chi connectivity index (χ1) is 7.25. The lowest BCUT2D eigenvalue weighted by Gasteiger charge is -2.35. The number of nitrogens with two attached hydrogens (primary N) is 1. The Bertz CT molecular complexity index is 226. The third-order valence-corrected chi connectivity index (χ3v) is 2.94. The number of amides is 1. The molecule has 0 saturated carbocycles. The molecule has 0 rings (SSSR count). The van der Waals surface area contributed by atoms with E-state index < -0.39 is 0 Å². The van der Waals surface area contributed by atoms with Gasteiger partial charge in [0.1, 0.15) is 0 Å². The largest absolute Gasteiger partial charge is 0.347 e. The topological polar surface area (TPSA) is 49.6 Å². The van der Waals surface area contributed by atoms with Crippen LogP contribution < -0.4 is 5.73 Å². The molecule has 0 aliphatic carbocycles. The number of nitrogens with zero attached hydrogens (tertiary/aromatic N) is 2. The van der Waals surface area contributed by atoms with Gasteiger partial charge in [-0.3, -0.25) is 9.69 Å². The second kappa shape index (κ2) is 6.21. The van der Waals surface area contributed by atoms with Crippen LogP contribution in [0.2, 0.25) is 0 Å². The van der Waals surface area contributed by atoms with Crippen LogP contribution in [0.4, 0.5) is 0 Å². The van der Waals surface area contributed by atoms with Crippen molar-refractivity contribution in [2.75, 3.05) is 33.7 Å². The van der Waals surface area contributed by atoms with Crippen LogP contribution in [0.1, 0.15) is 27.7 Å². The highest BCUT2D eigenvalue weighted by atomic mass is 16.2. The van der Waals surface area contributed by atoms with E-state index >= 15 is 0 Å². The zero-order valence-electron chi connectivity index (χ0n) is 11.6. The van der Waals surface area contributed by atoms with E-state index in [0.717, 1.165) is 13.1 Å². The van der Waals surface area contributed by atoms with E-state index in [1.165, 1.54) is 0 Å². The SMILES string of the molecule is CCN(CC(C)(C)CN)C(C)C(=O)N(C)C. The molecule has 0 bridgehead atoms. The summed E-state index contributed by atoms with van der Waals surface area (Å²) in [6, 6.07) is -0.0779. The summed E-state index contributed by atoms with van der Waals surface area (Å²) in [6.45, 7) is 10.6. The van der Waals surface area contributed by atoms with Crippen LogP contribution in [0, 0.1) is 5.41 Å². The van der Waals surface area contributed by atoms with E-state index in [1.54, 1.807) is 19.0 Å². The summed E-state index contributed by atoms with van der Waals surface area (Å²) in [5.41, 5.74) is 5.78. The van der Waals surface area contributed by atoms with Crippen molar-refractivity contribution in [1.29, 1.82) is 0 Å². The Labute approximate surface area is 99.8 Å². The van der Waals surface area contributed by atoms with Gasteiger partial charge >= 0.3 is 0 Å². The van der Waals surface area contributed by atoms with Crippen molar-refractivity contribution in [2.45, 2.75) is 33.7 Å². The first-order valence-electron chi connectivity index (χ1n) is 5.90. The predicted octanol–water partition coefficient (Wildman–Crippen LogP) is 0.770. The van der Waals surface area contributed by atoms with Gasteiger partial charge in [0, 0.05) is 20.6 Å². The van der Waals surface area contributed by atoms with Crippen LogP contribution in [-0.4, -0.2) is 55.5 Å². The van der Waals surface area contributed by atoms with Crippen LogP contribution >= 0.6 is 0 Å². The molecule has 0 aromatic heterocycles. The van der Waals surface area contributed by atoms with Crippen molar-refractivity contribution >= 4 is 5.91 Å². The van der Waals surface area contributed by atoms with Gasteiger partial charge in [-0.05, 0) is 25.4 Å². The number of hydrogen-bond acceptors (Lipinski definition) is 3. The minimum Gasteiger partial charge on any atom is -0.347 e.